The average molecular weight is 480 g/mol. The van der Waals surface area contributed by atoms with Gasteiger partial charge in [-0.15, -0.1) is 24.0 Å². The zero-order valence-electron chi connectivity index (χ0n) is 16.1. The number of anilines is 2. The van der Waals surface area contributed by atoms with Crippen molar-refractivity contribution in [2.24, 2.45) is 10.7 Å². The van der Waals surface area contributed by atoms with Crippen molar-refractivity contribution in [2.75, 3.05) is 42.9 Å². The second-order valence-electron chi connectivity index (χ2n) is 6.64. The van der Waals surface area contributed by atoms with Crippen LogP contribution in [-0.2, 0) is 6.54 Å². The zero-order valence-corrected chi connectivity index (χ0v) is 18.4. The molecule has 0 radical (unpaired) electrons. The Balaban J connectivity index is 0.00000261. The van der Waals surface area contributed by atoms with Gasteiger partial charge < -0.3 is 20.9 Å². The van der Waals surface area contributed by atoms with Crippen molar-refractivity contribution < 1.29 is 0 Å². The largest absolute Gasteiger partial charge is 0.370 e. The summed E-state index contributed by atoms with van der Waals surface area (Å²) in [5, 5.41) is 3.12. The van der Waals surface area contributed by atoms with Gasteiger partial charge in [0.25, 0.3) is 0 Å². The van der Waals surface area contributed by atoms with Gasteiger partial charge in [-0.2, -0.15) is 0 Å². The number of benzene rings is 1. The Hall–Kier alpha value is -1.87. The van der Waals surface area contributed by atoms with Crippen LogP contribution in [0.4, 0.5) is 11.5 Å². The maximum absolute atomic E-state index is 5.98. The summed E-state index contributed by atoms with van der Waals surface area (Å²) >= 11 is 0. The molecule has 1 fully saturated rings. The SMILES string of the molecule is CCN1CCN(c2ccc(CN=C(N)Nc3cccc(C)c3)cn2)CC1.I. The van der Waals surface area contributed by atoms with E-state index in [1.807, 2.05) is 37.4 Å². The third-order valence-electron chi connectivity index (χ3n) is 4.68. The molecule has 0 unspecified atom stereocenters. The Kier molecular flexibility index (Phi) is 8.30. The minimum absolute atomic E-state index is 0. The Morgan fingerprint density at radius 2 is 1.96 bits per heavy atom. The Morgan fingerprint density at radius 3 is 2.59 bits per heavy atom. The van der Waals surface area contributed by atoms with E-state index >= 15 is 0 Å². The van der Waals surface area contributed by atoms with E-state index in [0.29, 0.717) is 12.5 Å². The summed E-state index contributed by atoms with van der Waals surface area (Å²) in [7, 11) is 0. The predicted octanol–water partition coefficient (Wildman–Crippen LogP) is 3.08. The van der Waals surface area contributed by atoms with Gasteiger partial charge >= 0.3 is 0 Å². The van der Waals surface area contributed by atoms with Crippen molar-refractivity contribution in [3.8, 4) is 0 Å². The van der Waals surface area contributed by atoms with E-state index < -0.39 is 0 Å². The van der Waals surface area contributed by atoms with Crippen LogP contribution in [0, 0.1) is 6.92 Å². The van der Waals surface area contributed by atoms with E-state index in [1.54, 1.807) is 0 Å². The first kappa shape index (κ1) is 21.4. The van der Waals surface area contributed by atoms with E-state index in [4.69, 9.17) is 5.73 Å². The van der Waals surface area contributed by atoms with E-state index in [2.05, 4.69) is 44.1 Å². The van der Waals surface area contributed by atoms with E-state index in [1.165, 1.54) is 5.56 Å². The first-order valence-electron chi connectivity index (χ1n) is 9.20. The molecule has 0 spiro atoms. The number of aliphatic imine (C=N–C) groups is 1. The molecule has 6 nitrogen and oxygen atoms in total. The lowest BCUT2D eigenvalue weighted by Crippen LogP contribution is -2.46. The summed E-state index contributed by atoms with van der Waals surface area (Å²) in [5.41, 5.74) is 9.17. The fourth-order valence-corrected chi connectivity index (χ4v) is 3.08. The third-order valence-corrected chi connectivity index (χ3v) is 4.68. The van der Waals surface area contributed by atoms with E-state index in [9.17, 15) is 0 Å². The van der Waals surface area contributed by atoms with Gasteiger partial charge in [-0.1, -0.05) is 25.1 Å². The van der Waals surface area contributed by atoms with Crippen molar-refractivity contribution in [3.63, 3.8) is 0 Å². The first-order valence-corrected chi connectivity index (χ1v) is 9.20. The molecule has 2 aromatic rings. The van der Waals surface area contributed by atoms with Gasteiger partial charge in [-0.25, -0.2) is 9.98 Å². The second kappa shape index (κ2) is 10.5. The number of nitrogens with two attached hydrogens (primary N) is 1. The lowest BCUT2D eigenvalue weighted by molar-refractivity contribution is 0.270. The number of hydrogen-bond acceptors (Lipinski definition) is 4. The van der Waals surface area contributed by atoms with Crippen LogP contribution in [0.3, 0.4) is 0 Å². The molecule has 3 rings (SSSR count). The number of guanidine groups is 1. The number of nitrogens with one attached hydrogen (secondary N) is 1. The number of aromatic nitrogens is 1. The normalized spacial score (nSPS) is 15.3. The van der Waals surface area contributed by atoms with Crippen molar-refractivity contribution in [1.82, 2.24) is 9.88 Å². The highest BCUT2D eigenvalue weighted by molar-refractivity contribution is 14.0. The van der Waals surface area contributed by atoms with Gasteiger partial charge in [-0.05, 0) is 42.8 Å². The van der Waals surface area contributed by atoms with Crippen molar-refractivity contribution in [2.45, 2.75) is 20.4 Å². The van der Waals surface area contributed by atoms with Gasteiger partial charge in [0.2, 0.25) is 0 Å². The number of hydrogen-bond donors (Lipinski definition) is 2. The minimum Gasteiger partial charge on any atom is -0.370 e. The van der Waals surface area contributed by atoms with Gasteiger partial charge in [0.05, 0.1) is 6.54 Å². The Bertz CT molecular complexity index is 738. The zero-order chi connectivity index (χ0) is 18.4. The van der Waals surface area contributed by atoms with E-state index in [-0.39, 0.29) is 24.0 Å². The number of rotatable bonds is 5. The van der Waals surface area contributed by atoms with E-state index in [0.717, 1.165) is 49.8 Å². The molecule has 2 heterocycles. The van der Waals surface area contributed by atoms with Crippen LogP contribution in [-0.4, -0.2) is 48.6 Å². The van der Waals surface area contributed by atoms with Gasteiger partial charge in [0.15, 0.2) is 5.96 Å². The fourth-order valence-electron chi connectivity index (χ4n) is 3.08. The van der Waals surface area contributed by atoms with Gasteiger partial charge in [-0.3, -0.25) is 0 Å². The molecule has 1 aliphatic rings. The molecule has 1 saturated heterocycles. The first-order chi connectivity index (χ1) is 12.6. The molecule has 0 aliphatic carbocycles. The van der Waals surface area contributed by atoms with Crippen molar-refractivity contribution in [3.05, 3.63) is 53.7 Å². The summed E-state index contributed by atoms with van der Waals surface area (Å²) in [6, 6.07) is 12.2. The van der Waals surface area contributed by atoms with Crippen LogP contribution in [0.15, 0.2) is 47.6 Å². The summed E-state index contributed by atoms with van der Waals surface area (Å²) in [6.07, 6.45) is 1.89. The van der Waals surface area contributed by atoms with Crippen LogP contribution in [0.2, 0.25) is 0 Å². The highest BCUT2D eigenvalue weighted by Gasteiger charge is 2.16. The molecular formula is C20H29IN6. The van der Waals surface area contributed by atoms with Gasteiger partial charge in [0, 0.05) is 38.1 Å². The van der Waals surface area contributed by atoms with Crippen LogP contribution in [0.25, 0.3) is 0 Å². The molecule has 1 aromatic carbocycles. The third kappa shape index (κ3) is 6.35. The molecule has 0 bridgehead atoms. The van der Waals surface area contributed by atoms with Crippen LogP contribution in [0.5, 0.6) is 0 Å². The summed E-state index contributed by atoms with van der Waals surface area (Å²) < 4.78 is 0. The number of likely N-dealkylation sites (N-methyl/N-ethyl adjacent to an activating group) is 1. The molecule has 0 saturated carbocycles. The Labute approximate surface area is 178 Å². The summed E-state index contributed by atoms with van der Waals surface area (Å²) in [4.78, 5) is 13.8. The highest BCUT2D eigenvalue weighted by Crippen LogP contribution is 2.14. The average Bonchev–Trinajstić information content (AvgIpc) is 2.67. The molecule has 0 atom stereocenters. The maximum Gasteiger partial charge on any atom is 0.193 e. The van der Waals surface area contributed by atoms with Crippen molar-refractivity contribution in [1.29, 1.82) is 0 Å². The van der Waals surface area contributed by atoms with Crippen LogP contribution < -0.4 is 16.0 Å². The maximum atomic E-state index is 5.98. The quantitative estimate of drug-likeness (QED) is 0.391. The van der Waals surface area contributed by atoms with Gasteiger partial charge in [0.1, 0.15) is 5.82 Å². The predicted molar refractivity (Wildman–Crippen MR) is 124 cm³/mol. The van der Waals surface area contributed by atoms with Crippen LogP contribution in [0.1, 0.15) is 18.1 Å². The summed E-state index contributed by atoms with van der Waals surface area (Å²) in [5.74, 6) is 1.45. The molecule has 27 heavy (non-hydrogen) atoms. The Morgan fingerprint density at radius 1 is 1.19 bits per heavy atom. The molecule has 1 aliphatic heterocycles. The standard InChI is InChI=1S/C20H28N6.HI/c1-3-25-9-11-26(12-10-25)19-8-7-17(14-22-19)15-23-20(21)24-18-6-4-5-16(2)13-18;/h4-8,13-14H,3,9-12,15H2,1-2H3,(H3,21,23,24);1H. The minimum atomic E-state index is 0. The molecule has 1 aromatic heterocycles. The number of piperazine rings is 1. The fraction of sp³-hybridized carbons (Fsp3) is 0.400. The summed E-state index contributed by atoms with van der Waals surface area (Å²) in [6.45, 7) is 10.2. The van der Waals surface area contributed by atoms with Crippen LogP contribution >= 0.6 is 24.0 Å². The monoisotopic (exact) mass is 480 g/mol. The molecular weight excluding hydrogens is 451 g/mol. The number of pyridine rings is 1. The highest BCUT2D eigenvalue weighted by atomic mass is 127. The number of halogens is 1. The topological polar surface area (TPSA) is 69.8 Å². The molecule has 3 N–H and O–H groups in total. The number of aryl methyl sites for hydroxylation is 1. The molecule has 146 valence electrons. The number of nitrogens with zero attached hydrogens (tertiary/aromatic N) is 4. The second-order valence-corrected chi connectivity index (χ2v) is 6.64. The van der Waals surface area contributed by atoms with Crippen molar-refractivity contribution >= 4 is 41.4 Å². The molecule has 7 heteroatoms. The lowest BCUT2D eigenvalue weighted by atomic mass is 10.2. The molecule has 0 amide bonds. The lowest BCUT2D eigenvalue weighted by Gasteiger charge is -2.34. The smallest absolute Gasteiger partial charge is 0.193 e.